The maximum Gasteiger partial charge on any atom is 0.516 e. The number of rotatable bonds is 7. The first-order chi connectivity index (χ1) is 11.4. The molecule has 0 aliphatic heterocycles. The zero-order valence-electron chi connectivity index (χ0n) is 13.4. The molecule has 0 aliphatic rings. The van der Waals surface area contributed by atoms with Crippen molar-refractivity contribution in [1.82, 2.24) is 4.90 Å². The van der Waals surface area contributed by atoms with E-state index in [-0.39, 0.29) is 23.4 Å². The van der Waals surface area contributed by atoms with E-state index in [1.54, 1.807) is 6.92 Å². The molecule has 0 aromatic heterocycles. The van der Waals surface area contributed by atoms with Crippen LogP contribution in [-0.4, -0.2) is 44.2 Å². The van der Waals surface area contributed by atoms with Crippen LogP contribution in [0.1, 0.15) is 29.3 Å². The van der Waals surface area contributed by atoms with Crippen LogP contribution in [0.5, 0.6) is 0 Å². The first-order valence-electron chi connectivity index (χ1n) is 7.16. The molecule has 1 aromatic carbocycles. The molecule has 0 radical (unpaired) electrons. The Morgan fingerprint density at radius 1 is 1.28 bits per heavy atom. The number of benzene rings is 1. The zero-order chi connectivity index (χ0) is 19.4. The molecular formula is C14H17F5N2O3S. The lowest BCUT2D eigenvalue weighted by molar-refractivity contribution is -0.0429. The average molecular weight is 388 g/mol. The van der Waals surface area contributed by atoms with Gasteiger partial charge in [0.1, 0.15) is 0 Å². The molecule has 11 heteroatoms. The summed E-state index contributed by atoms with van der Waals surface area (Å²) in [4.78, 5) is 13.2. The highest BCUT2D eigenvalue weighted by molar-refractivity contribution is 7.93. The van der Waals surface area contributed by atoms with E-state index in [1.807, 2.05) is 0 Å². The summed E-state index contributed by atoms with van der Waals surface area (Å²) >= 11 is 0. The van der Waals surface area contributed by atoms with E-state index < -0.39 is 34.4 Å². The highest BCUT2D eigenvalue weighted by Crippen LogP contribution is 2.27. The van der Waals surface area contributed by atoms with Crippen LogP contribution in [-0.2, 0) is 10.0 Å². The minimum atomic E-state index is -5.59. The number of carbonyl (C=O) groups excluding carboxylic acids is 1. The molecule has 0 heterocycles. The summed E-state index contributed by atoms with van der Waals surface area (Å²) in [6, 6.07) is 3.21. The Balaban J connectivity index is 3.07. The van der Waals surface area contributed by atoms with Crippen LogP contribution < -0.4 is 4.72 Å². The van der Waals surface area contributed by atoms with E-state index in [2.05, 4.69) is 0 Å². The molecule has 25 heavy (non-hydrogen) atoms. The molecule has 5 nitrogen and oxygen atoms in total. The Morgan fingerprint density at radius 2 is 1.88 bits per heavy atom. The number of nitrogens with one attached hydrogen (secondary N) is 1. The van der Waals surface area contributed by atoms with E-state index >= 15 is 0 Å². The highest BCUT2D eigenvalue weighted by Gasteiger charge is 2.46. The van der Waals surface area contributed by atoms with Crippen LogP contribution in [0.25, 0.3) is 0 Å². The predicted octanol–water partition coefficient (Wildman–Crippen LogP) is 3.37. The van der Waals surface area contributed by atoms with Crippen molar-refractivity contribution in [3.63, 3.8) is 0 Å². The molecule has 0 saturated carbocycles. The van der Waals surface area contributed by atoms with Crippen molar-refractivity contribution < 1.29 is 35.2 Å². The van der Waals surface area contributed by atoms with Crippen molar-refractivity contribution in [3.8, 4) is 0 Å². The quantitative estimate of drug-likeness (QED) is 0.729. The molecular weight excluding hydrogens is 371 g/mol. The molecule has 0 bridgehead atoms. The minimum absolute atomic E-state index is 0.0263. The number of alkyl halides is 5. The minimum Gasteiger partial charge on any atom is -0.333 e. The fraction of sp³-hybridized carbons (Fsp3) is 0.500. The van der Waals surface area contributed by atoms with Gasteiger partial charge in [0, 0.05) is 12.1 Å². The van der Waals surface area contributed by atoms with Gasteiger partial charge < -0.3 is 4.90 Å². The lowest BCUT2D eigenvalue weighted by atomic mass is 10.1. The zero-order valence-corrected chi connectivity index (χ0v) is 14.2. The Labute approximate surface area is 141 Å². The van der Waals surface area contributed by atoms with Gasteiger partial charge >= 0.3 is 15.5 Å². The summed E-state index contributed by atoms with van der Waals surface area (Å²) in [5.41, 5.74) is -5.82. The van der Waals surface area contributed by atoms with Crippen molar-refractivity contribution in [3.05, 3.63) is 29.3 Å². The first kappa shape index (κ1) is 21.1. The lowest BCUT2D eigenvalue weighted by Crippen LogP contribution is -2.35. The Kier molecular flexibility index (Phi) is 6.75. The van der Waals surface area contributed by atoms with E-state index in [0.717, 1.165) is 23.1 Å². The molecule has 1 N–H and O–H groups in total. The molecule has 0 saturated heterocycles. The Bertz CT molecular complexity index is 720. The molecule has 1 rings (SSSR count). The molecule has 142 valence electrons. The Morgan fingerprint density at radius 3 is 2.32 bits per heavy atom. The lowest BCUT2D eigenvalue weighted by Gasteiger charge is -2.22. The van der Waals surface area contributed by atoms with Gasteiger partial charge in [0.2, 0.25) is 0 Å². The number of nitrogens with zero attached hydrogens (tertiary/aromatic N) is 1. The maximum absolute atomic E-state index is 12.5. The topological polar surface area (TPSA) is 66.5 Å². The van der Waals surface area contributed by atoms with E-state index in [9.17, 15) is 35.2 Å². The molecule has 0 atom stereocenters. The van der Waals surface area contributed by atoms with Crippen LogP contribution in [0.15, 0.2) is 18.2 Å². The molecule has 1 aromatic rings. The van der Waals surface area contributed by atoms with Crippen LogP contribution >= 0.6 is 0 Å². The second-order valence-electron chi connectivity index (χ2n) is 5.22. The van der Waals surface area contributed by atoms with Gasteiger partial charge in [-0.15, -0.1) is 0 Å². The van der Waals surface area contributed by atoms with Crippen molar-refractivity contribution in [2.75, 3.05) is 17.8 Å². The number of aryl methyl sites for hydroxylation is 1. The van der Waals surface area contributed by atoms with E-state index in [4.69, 9.17) is 0 Å². The van der Waals surface area contributed by atoms with Gasteiger partial charge in [-0.1, -0.05) is 6.92 Å². The monoisotopic (exact) mass is 388 g/mol. The van der Waals surface area contributed by atoms with Crippen molar-refractivity contribution in [1.29, 1.82) is 0 Å². The first-order valence-corrected chi connectivity index (χ1v) is 8.64. The summed E-state index contributed by atoms with van der Waals surface area (Å²) in [6.45, 7) is 2.31. The standard InChI is InChI=1S/C14H17F5N2O3S/c1-3-6-21(8-12(15)16)13(22)10-4-5-11(9(2)7-10)20-25(23,24)14(17,18)19/h4-5,7,12,20H,3,6,8H2,1-2H3. The van der Waals surface area contributed by atoms with Gasteiger partial charge in [0.25, 0.3) is 12.3 Å². The Hall–Kier alpha value is -1.91. The number of sulfonamides is 1. The van der Waals surface area contributed by atoms with Gasteiger partial charge in [0.15, 0.2) is 0 Å². The fourth-order valence-electron chi connectivity index (χ4n) is 2.01. The number of amides is 1. The van der Waals surface area contributed by atoms with E-state index in [1.165, 1.54) is 11.6 Å². The van der Waals surface area contributed by atoms with Gasteiger partial charge in [-0.05, 0) is 37.1 Å². The van der Waals surface area contributed by atoms with Crippen molar-refractivity contribution in [2.45, 2.75) is 32.2 Å². The number of anilines is 1. The van der Waals surface area contributed by atoms with Crippen LogP contribution in [0.4, 0.5) is 27.6 Å². The van der Waals surface area contributed by atoms with Crippen molar-refractivity contribution in [2.24, 2.45) is 0 Å². The summed E-state index contributed by atoms with van der Waals surface area (Å²) in [6.07, 6.45) is -2.28. The number of hydrogen-bond acceptors (Lipinski definition) is 3. The smallest absolute Gasteiger partial charge is 0.333 e. The summed E-state index contributed by atoms with van der Waals surface area (Å²) in [7, 11) is -5.59. The molecule has 0 unspecified atom stereocenters. The van der Waals surface area contributed by atoms with E-state index in [0.29, 0.717) is 6.42 Å². The van der Waals surface area contributed by atoms with Gasteiger partial charge in [0.05, 0.1) is 12.2 Å². The third-order valence-corrected chi connectivity index (χ3v) is 4.26. The second-order valence-corrected chi connectivity index (χ2v) is 6.90. The fourth-order valence-corrected chi connectivity index (χ4v) is 2.64. The maximum atomic E-state index is 12.5. The third-order valence-electron chi connectivity index (χ3n) is 3.16. The highest BCUT2D eigenvalue weighted by atomic mass is 32.2. The van der Waals surface area contributed by atoms with Crippen LogP contribution in [0, 0.1) is 6.92 Å². The van der Waals surface area contributed by atoms with Gasteiger partial charge in [-0.3, -0.25) is 9.52 Å². The van der Waals surface area contributed by atoms with Gasteiger partial charge in [-0.2, -0.15) is 21.6 Å². The van der Waals surface area contributed by atoms with Crippen LogP contribution in [0.2, 0.25) is 0 Å². The predicted molar refractivity (Wildman–Crippen MR) is 82.0 cm³/mol. The summed E-state index contributed by atoms with van der Waals surface area (Å²) in [5, 5.41) is 0. The molecule has 1 amide bonds. The van der Waals surface area contributed by atoms with Gasteiger partial charge in [-0.25, -0.2) is 8.78 Å². The largest absolute Gasteiger partial charge is 0.516 e. The number of carbonyl (C=O) groups is 1. The second kappa shape index (κ2) is 7.98. The molecule has 0 fully saturated rings. The SMILES string of the molecule is CCCN(CC(F)F)C(=O)c1ccc(NS(=O)(=O)C(F)(F)F)c(C)c1. The van der Waals surface area contributed by atoms with Crippen LogP contribution in [0.3, 0.4) is 0 Å². The normalized spacial score (nSPS) is 12.3. The molecule has 0 aliphatic carbocycles. The summed E-state index contributed by atoms with van der Waals surface area (Å²) < 4.78 is 85.9. The van der Waals surface area contributed by atoms with Crippen molar-refractivity contribution >= 4 is 21.6 Å². The number of halogens is 5. The third kappa shape index (κ3) is 5.55. The summed E-state index contributed by atoms with van der Waals surface area (Å²) in [5.74, 6) is -0.713. The average Bonchev–Trinajstić information content (AvgIpc) is 2.46. The number of hydrogen-bond donors (Lipinski definition) is 1. The molecule has 0 spiro atoms.